The number of aromatic nitrogens is 4. The van der Waals surface area contributed by atoms with Crippen molar-refractivity contribution in [3.63, 3.8) is 0 Å². The van der Waals surface area contributed by atoms with Gasteiger partial charge in [-0.15, -0.1) is 0 Å². The van der Waals surface area contributed by atoms with Crippen LogP contribution in [-0.4, -0.2) is 34.1 Å². The Morgan fingerprint density at radius 3 is 2.35 bits per heavy atom. The lowest BCUT2D eigenvalue weighted by Crippen LogP contribution is -2.15. The van der Waals surface area contributed by atoms with Gasteiger partial charge in [-0.3, -0.25) is 9.48 Å². The topological polar surface area (TPSA) is 119 Å². The largest absolute Gasteiger partial charge is 0.322 e. The summed E-state index contributed by atoms with van der Waals surface area (Å²) >= 11 is 0. The van der Waals surface area contributed by atoms with E-state index < -0.39 is 10.0 Å². The number of anilines is 2. The van der Waals surface area contributed by atoms with E-state index in [-0.39, 0.29) is 16.8 Å². The Bertz CT molecular complexity index is 1030. The maximum Gasteiger partial charge on any atom is 0.264 e. The molecule has 0 bridgehead atoms. The summed E-state index contributed by atoms with van der Waals surface area (Å²) in [7, 11) is -2.07. The molecule has 9 nitrogen and oxygen atoms in total. The molecular weight excluding hydrogens is 356 g/mol. The molecule has 2 aromatic heterocycles. The first-order valence-corrected chi connectivity index (χ1v) is 9.05. The van der Waals surface area contributed by atoms with Crippen LogP contribution in [0.4, 0.5) is 11.6 Å². The van der Waals surface area contributed by atoms with E-state index in [9.17, 15) is 13.2 Å². The van der Waals surface area contributed by atoms with Crippen LogP contribution in [-0.2, 0) is 17.1 Å². The lowest BCUT2D eigenvalue weighted by atomic mass is 10.2. The summed E-state index contributed by atoms with van der Waals surface area (Å²) in [6.45, 7) is 1.79. The molecule has 0 unspecified atom stereocenters. The van der Waals surface area contributed by atoms with Gasteiger partial charge in [0, 0.05) is 30.8 Å². The van der Waals surface area contributed by atoms with E-state index in [1.807, 2.05) is 0 Å². The van der Waals surface area contributed by atoms with E-state index in [0.29, 0.717) is 11.3 Å². The Balaban J connectivity index is 1.74. The average molecular weight is 372 g/mol. The third kappa shape index (κ3) is 3.70. The van der Waals surface area contributed by atoms with Crippen LogP contribution in [0.2, 0.25) is 0 Å². The summed E-state index contributed by atoms with van der Waals surface area (Å²) in [6.07, 6.45) is 4.35. The molecule has 0 aliphatic heterocycles. The zero-order valence-corrected chi connectivity index (χ0v) is 14.9. The summed E-state index contributed by atoms with van der Waals surface area (Å²) in [5.74, 6) is -0.334. The molecule has 1 amide bonds. The zero-order chi connectivity index (χ0) is 18.7. The Hall–Kier alpha value is -3.27. The van der Waals surface area contributed by atoms with E-state index in [1.54, 1.807) is 24.7 Å². The van der Waals surface area contributed by atoms with Crippen molar-refractivity contribution >= 4 is 27.6 Å². The molecule has 134 valence electrons. The van der Waals surface area contributed by atoms with Crippen LogP contribution >= 0.6 is 0 Å². The van der Waals surface area contributed by atoms with Crippen LogP contribution in [0.1, 0.15) is 16.1 Å². The molecule has 3 rings (SSSR count). The number of sulfonamides is 1. The predicted octanol–water partition coefficient (Wildman–Crippen LogP) is 1.57. The Labute approximate surface area is 150 Å². The first-order chi connectivity index (χ1) is 12.4. The average Bonchev–Trinajstić information content (AvgIpc) is 2.95. The fraction of sp³-hybridized carbons (Fsp3) is 0.125. The summed E-state index contributed by atoms with van der Waals surface area (Å²) in [5, 5.41) is 6.73. The van der Waals surface area contributed by atoms with Gasteiger partial charge in [0.25, 0.3) is 15.9 Å². The maximum atomic E-state index is 12.3. The maximum absolute atomic E-state index is 12.3. The van der Waals surface area contributed by atoms with E-state index in [0.717, 1.165) is 5.69 Å². The molecule has 0 aliphatic rings. The van der Waals surface area contributed by atoms with Crippen LogP contribution in [0.3, 0.4) is 0 Å². The first kappa shape index (κ1) is 17.5. The zero-order valence-electron chi connectivity index (χ0n) is 14.0. The molecule has 1 aromatic carbocycles. The molecule has 0 fully saturated rings. The quantitative estimate of drug-likeness (QED) is 0.702. The van der Waals surface area contributed by atoms with Gasteiger partial charge in [0.2, 0.25) is 5.95 Å². The molecule has 0 atom stereocenters. The van der Waals surface area contributed by atoms with Crippen LogP contribution in [0, 0.1) is 6.92 Å². The molecule has 26 heavy (non-hydrogen) atoms. The highest BCUT2D eigenvalue weighted by Crippen LogP contribution is 2.17. The molecule has 10 heteroatoms. The lowest BCUT2D eigenvalue weighted by molar-refractivity contribution is 0.102. The third-order valence-corrected chi connectivity index (χ3v) is 5.04. The van der Waals surface area contributed by atoms with Crippen LogP contribution in [0.25, 0.3) is 0 Å². The number of hydrogen-bond donors (Lipinski definition) is 2. The van der Waals surface area contributed by atoms with Crippen molar-refractivity contribution < 1.29 is 13.2 Å². The SMILES string of the molecule is Cc1c(C(=O)Nc2ccc(S(=O)(=O)Nc3ncccn3)cc2)cnn1C. The molecule has 0 saturated heterocycles. The second kappa shape index (κ2) is 6.92. The highest BCUT2D eigenvalue weighted by Gasteiger charge is 2.16. The van der Waals surface area contributed by atoms with Crippen LogP contribution < -0.4 is 10.0 Å². The molecule has 3 aromatic rings. The smallest absolute Gasteiger partial charge is 0.264 e. The van der Waals surface area contributed by atoms with Gasteiger partial charge in [-0.1, -0.05) is 0 Å². The number of benzene rings is 1. The van der Waals surface area contributed by atoms with Gasteiger partial charge in [-0.05, 0) is 37.3 Å². The number of nitrogens with one attached hydrogen (secondary N) is 2. The van der Waals surface area contributed by atoms with E-state index in [4.69, 9.17) is 0 Å². The number of nitrogens with zero attached hydrogens (tertiary/aromatic N) is 4. The Morgan fingerprint density at radius 1 is 1.12 bits per heavy atom. The number of rotatable bonds is 5. The fourth-order valence-electron chi connectivity index (χ4n) is 2.17. The molecular formula is C16H16N6O3S. The van der Waals surface area contributed by atoms with Crippen LogP contribution in [0.15, 0.2) is 53.8 Å². The number of carbonyl (C=O) groups excluding carboxylic acids is 1. The Kier molecular flexibility index (Phi) is 4.67. The minimum atomic E-state index is -3.82. The second-order valence-corrected chi connectivity index (χ2v) is 7.11. The molecule has 0 spiro atoms. The first-order valence-electron chi connectivity index (χ1n) is 7.57. The van der Waals surface area contributed by atoms with Gasteiger partial charge in [0.05, 0.1) is 16.7 Å². The minimum absolute atomic E-state index is 0.0167. The summed E-state index contributed by atoms with van der Waals surface area (Å²) in [4.78, 5) is 19.9. The number of aryl methyl sites for hydroxylation is 1. The molecule has 0 aliphatic carbocycles. The van der Waals surface area contributed by atoms with Crippen molar-refractivity contribution in [2.24, 2.45) is 7.05 Å². The van der Waals surface area contributed by atoms with Gasteiger partial charge in [-0.25, -0.2) is 23.1 Å². The predicted molar refractivity (Wildman–Crippen MR) is 95.2 cm³/mol. The molecule has 0 saturated carbocycles. The van der Waals surface area contributed by atoms with E-state index in [1.165, 1.54) is 42.9 Å². The fourth-order valence-corrected chi connectivity index (χ4v) is 3.13. The van der Waals surface area contributed by atoms with E-state index in [2.05, 4.69) is 25.1 Å². The van der Waals surface area contributed by atoms with Crippen molar-refractivity contribution in [3.8, 4) is 0 Å². The van der Waals surface area contributed by atoms with Gasteiger partial charge in [-0.2, -0.15) is 5.10 Å². The van der Waals surface area contributed by atoms with Crippen molar-refractivity contribution in [3.05, 3.63) is 60.2 Å². The van der Waals surface area contributed by atoms with Crippen molar-refractivity contribution in [1.82, 2.24) is 19.7 Å². The van der Waals surface area contributed by atoms with Crippen LogP contribution in [0.5, 0.6) is 0 Å². The van der Waals surface area contributed by atoms with Gasteiger partial charge < -0.3 is 5.32 Å². The summed E-state index contributed by atoms with van der Waals surface area (Å²) in [6, 6.07) is 7.36. The molecule has 2 heterocycles. The van der Waals surface area contributed by atoms with Crippen molar-refractivity contribution in [2.75, 3.05) is 10.0 Å². The van der Waals surface area contributed by atoms with Crippen molar-refractivity contribution in [1.29, 1.82) is 0 Å². The summed E-state index contributed by atoms with van der Waals surface area (Å²) < 4.78 is 28.5. The van der Waals surface area contributed by atoms with Gasteiger partial charge in [0.15, 0.2) is 0 Å². The normalized spacial score (nSPS) is 11.2. The number of carbonyl (C=O) groups is 1. The second-order valence-electron chi connectivity index (χ2n) is 5.42. The minimum Gasteiger partial charge on any atom is -0.322 e. The lowest BCUT2D eigenvalue weighted by Gasteiger charge is -2.08. The Morgan fingerprint density at radius 2 is 1.77 bits per heavy atom. The number of amides is 1. The monoisotopic (exact) mass is 372 g/mol. The molecule has 2 N–H and O–H groups in total. The van der Waals surface area contributed by atoms with Crippen molar-refractivity contribution in [2.45, 2.75) is 11.8 Å². The summed E-state index contributed by atoms with van der Waals surface area (Å²) in [5.41, 5.74) is 1.65. The highest BCUT2D eigenvalue weighted by atomic mass is 32.2. The molecule has 0 radical (unpaired) electrons. The van der Waals surface area contributed by atoms with E-state index >= 15 is 0 Å². The highest BCUT2D eigenvalue weighted by molar-refractivity contribution is 7.92. The van der Waals surface area contributed by atoms with Gasteiger partial charge >= 0.3 is 0 Å². The van der Waals surface area contributed by atoms with Gasteiger partial charge in [0.1, 0.15) is 0 Å². The third-order valence-electron chi connectivity index (χ3n) is 3.69. The number of hydrogen-bond acceptors (Lipinski definition) is 6. The standard InChI is InChI=1S/C16H16N6O3S/c1-11-14(10-19-22(11)2)15(23)20-12-4-6-13(7-5-12)26(24,25)21-16-17-8-3-9-18-16/h3-10H,1-2H3,(H,20,23)(H,17,18,21).